The van der Waals surface area contributed by atoms with E-state index in [9.17, 15) is 0 Å². The van der Waals surface area contributed by atoms with Crippen LogP contribution in [-0.2, 0) is 6.54 Å². The zero-order valence-electron chi connectivity index (χ0n) is 16.8. The van der Waals surface area contributed by atoms with Gasteiger partial charge in [0.15, 0.2) is 11.5 Å². The van der Waals surface area contributed by atoms with Crippen molar-refractivity contribution >= 4 is 17.5 Å². The Hall–Kier alpha value is -3.28. The molecule has 6 nitrogen and oxygen atoms in total. The standard InChI is InChI=1S/C22H26N4O2/c1-5-26(18-9-7-6-8-10-18)22-24-16(2)13-21(25-22)23-15-17-11-12-19(27-3)20(14-17)28-4/h6-14H,5,15H2,1-4H3,(H,23,24,25). The number of rotatable bonds is 8. The van der Waals surface area contributed by atoms with Crippen LogP contribution in [0.4, 0.5) is 17.5 Å². The van der Waals surface area contributed by atoms with Gasteiger partial charge in [-0.1, -0.05) is 24.3 Å². The Balaban J connectivity index is 1.80. The summed E-state index contributed by atoms with van der Waals surface area (Å²) in [5.41, 5.74) is 3.06. The second-order valence-corrected chi connectivity index (χ2v) is 6.32. The van der Waals surface area contributed by atoms with Crippen LogP contribution in [0.5, 0.6) is 11.5 Å². The van der Waals surface area contributed by atoms with Crippen molar-refractivity contribution in [2.24, 2.45) is 0 Å². The molecule has 1 heterocycles. The highest BCUT2D eigenvalue weighted by Crippen LogP contribution is 2.28. The second kappa shape index (κ2) is 9.08. The molecule has 146 valence electrons. The molecule has 0 atom stereocenters. The van der Waals surface area contributed by atoms with E-state index >= 15 is 0 Å². The minimum atomic E-state index is 0.619. The number of hydrogen-bond donors (Lipinski definition) is 1. The largest absolute Gasteiger partial charge is 0.493 e. The highest BCUT2D eigenvalue weighted by atomic mass is 16.5. The lowest BCUT2D eigenvalue weighted by Crippen LogP contribution is -2.19. The molecule has 1 N–H and O–H groups in total. The number of nitrogens with one attached hydrogen (secondary N) is 1. The Bertz CT molecular complexity index is 916. The first-order valence-corrected chi connectivity index (χ1v) is 9.27. The molecule has 28 heavy (non-hydrogen) atoms. The third kappa shape index (κ3) is 4.52. The van der Waals surface area contributed by atoms with Crippen molar-refractivity contribution in [1.82, 2.24) is 9.97 Å². The van der Waals surface area contributed by atoms with E-state index < -0.39 is 0 Å². The second-order valence-electron chi connectivity index (χ2n) is 6.32. The van der Waals surface area contributed by atoms with Crippen LogP contribution in [0.3, 0.4) is 0 Å². The number of benzene rings is 2. The molecule has 0 aliphatic rings. The molecule has 0 spiro atoms. The van der Waals surface area contributed by atoms with Crippen molar-refractivity contribution in [1.29, 1.82) is 0 Å². The maximum Gasteiger partial charge on any atom is 0.232 e. The van der Waals surface area contributed by atoms with Crippen molar-refractivity contribution in [2.75, 3.05) is 31.0 Å². The third-order valence-corrected chi connectivity index (χ3v) is 4.39. The Morgan fingerprint density at radius 2 is 1.68 bits per heavy atom. The molecule has 0 amide bonds. The van der Waals surface area contributed by atoms with Crippen LogP contribution in [0.15, 0.2) is 54.6 Å². The molecule has 0 saturated carbocycles. The maximum atomic E-state index is 5.38. The quantitative estimate of drug-likeness (QED) is 0.619. The van der Waals surface area contributed by atoms with Gasteiger partial charge in [-0.05, 0) is 43.7 Å². The van der Waals surface area contributed by atoms with Crippen LogP contribution < -0.4 is 19.7 Å². The number of hydrogen-bond acceptors (Lipinski definition) is 6. The average molecular weight is 378 g/mol. The highest BCUT2D eigenvalue weighted by Gasteiger charge is 2.12. The van der Waals surface area contributed by atoms with E-state index in [1.165, 1.54) is 0 Å². The molecule has 3 aromatic rings. The zero-order valence-corrected chi connectivity index (χ0v) is 16.8. The van der Waals surface area contributed by atoms with E-state index in [0.29, 0.717) is 24.0 Å². The van der Waals surface area contributed by atoms with E-state index in [1.807, 2.05) is 49.4 Å². The molecule has 0 aliphatic heterocycles. The van der Waals surface area contributed by atoms with Crippen molar-refractivity contribution in [3.8, 4) is 11.5 Å². The fourth-order valence-electron chi connectivity index (χ4n) is 2.99. The van der Waals surface area contributed by atoms with Gasteiger partial charge in [-0.25, -0.2) is 4.98 Å². The molecule has 0 unspecified atom stereocenters. The predicted octanol–water partition coefficient (Wildman–Crippen LogP) is 4.57. The van der Waals surface area contributed by atoms with Gasteiger partial charge in [0.2, 0.25) is 5.95 Å². The summed E-state index contributed by atoms with van der Waals surface area (Å²) in [4.78, 5) is 11.4. The topological polar surface area (TPSA) is 59.5 Å². The van der Waals surface area contributed by atoms with Gasteiger partial charge in [0.25, 0.3) is 0 Å². The molecule has 6 heteroatoms. The molecule has 0 aliphatic carbocycles. The van der Waals surface area contributed by atoms with Gasteiger partial charge < -0.3 is 19.7 Å². The van der Waals surface area contributed by atoms with Crippen molar-refractivity contribution < 1.29 is 9.47 Å². The molecule has 2 aromatic carbocycles. The Morgan fingerprint density at radius 3 is 2.36 bits per heavy atom. The summed E-state index contributed by atoms with van der Waals surface area (Å²) in [6, 6.07) is 18.0. The van der Waals surface area contributed by atoms with Crippen molar-refractivity contribution in [2.45, 2.75) is 20.4 Å². The van der Waals surface area contributed by atoms with Crippen LogP contribution in [0.25, 0.3) is 0 Å². The van der Waals surface area contributed by atoms with Crippen LogP contribution in [0.2, 0.25) is 0 Å². The first-order chi connectivity index (χ1) is 13.6. The number of nitrogens with zero attached hydrogens (tertiary/aromatic N) is 3. The number of methoxy groups -OCH3 is 2. The van der Waals surface area contributed by atoms with Gasteiger partial charge >= 0.3 is 0 Å². The number of anilines is 3. The first-order valence-electron chi connectivity index (χ1n) is 9.27. The fourth-order valence-corrected chi connectivity index (χ4v) is 2.99. The lowest BCUT2D eigenvalue weighted by atomic mass is 10.2. The Labute approximate surface area is 166 Å². The maximum absolute atomic E-state index is 5.38. The molecule has 0 radical (unpaired) electrons. The average Bonchev–Trinajstić information content (AvgIpc) is 2.73. The summed E-state index contributed by atoms with van der Waals surface area (Å²) in [5, 5.41) is 3.39. The molecular weight excluding hydrogens is 352 g/mol. The summed E-state index contributed by atoms with van der Waals surface area (Å²) < 4.78 is 10.7. The molecular formula is C22H26N4O2. The third-order valence-electron chi connectivity index (χ3n) is 4.39. The normalized spacial score (nSPS) is 10.4. The summed E-state index contributed by atoms with van der Waals surface area (Å²) in [6.07, 6.45) is 0. The molecule has 0 saturated heterocycles. The molecule has 0 bridgehead atoms. The van der Waals surface area contributed by atoms with Gasteiger partial charge in [0.1, 0.15) is 5.82 Å². The van der Waals surface area contributed by atoms with Crippen molar-refractivity contribution in [3.05, 3.63) is 65.9 Å². The van der Waals surface area contributed by atoms with E-state index in [1.54, 1.807) is 14.2 Å². The minimum Gasteiger partial charge on any atom is -0.493 e. The van der Waals surface area contributed by atoms with Crippen LogP contribution >= 0.6 is 0 Å². The van der Waals surface area contributed by atoms with Crippen molar-refractivity contribution in [3.63, 3.8) is 0 Å². The first kappa shape index (κ1) is 19.5. The van der Waals surface area contributed by atoms with E-state index in [-0.39, 0.29) is 0 Å². The smallest absolute Gasteiger partial charge is 0.232 e. The van der Waals surface area contributed by atoms with Gasteiger partial charge in [0, 0.05) is 30.5 Å². The molecule has 3 rings (SSSR count). The van der Waals surface area contributed by atoms with Gasteiger partial charge in [-0.2, -0.15) is 4.98 Å². The Kier molecular flexibility index (Phi) is 6.32. The van der Waals surface area contributed by atoms with Crippen LogP contribution in [0.1, 0.15) is 18.2 Å². The summed E-state index contributed by atoms with van der Waals surface area (Å²) in [7, 11) is 3.27. The lowest BCUT2D eigenvalue weighted by Gasteiger charge is -2.22. The SMILES string of the molecule is CCN(c1ccccc1)c1nc(C)cc(NCc2ccc(OC)c(OC)c2)n1. The summed E-state index contributed by atoms with van der Waals surface area (Å²) in [5.74, 6) is 2.89. The number of ether oxygens (including phenoxy) is 2. The van der Waals surface area contributed by atoms with Gasteiger partial charge in [-0.3, -0.25) is 0 Å². The number of aryl methyl sites for hydroxylation is 1. The predicted molar refractivity (Wildman–Crippen MR) is 113 cm³/mol. The van der Waals surface area contributed by atoms with E-state index in [4.69, 9.17) is 14.5 Å². The summed E-state index contributed by atoms with van der Waals surface area (Å²) in [6.45, 7) is 5.47. The van der Waals surface area contributed by atoms with Gasteiger partial charge in [-0.15, -0.1) is 0 Å². The number of para-hydroxylation sites is 1. The van der Waals surface area contributed by atoms with Crippen LogP contribution in [-0.4, -0.2) is 30.7 Å². The Morgan fingerprint density at radius 1 is 0.929 bits per heavy atom. The number of aromatic nitrogens is 2. The van der Waals surface area contributed by atoms with Crippen LogP contribution in [0, 0.1) is 6.92 Å². The lowest BCUT2D eigenvalue weighted by molar-refractivity contribution is 0.354. The van der Waals surface area contributed by atoms with E-state index in [0.717, 1.165) is 29.3 Å². The molecule has 0 fully saturated rings. The fraction of sp³-hybridized carbons (Fsp3) is 0.273. The zero-order chi connectivity index (χ0) is 19.9. The highest BCUT2D eigenvalue weighted by molar-refractivity contribution is 5.58. The van der Waals surface area contributed by atoms with E-state index in [2.05, 4.69) is 34.3 Å². The summed E-state index contributed by atoms with van der Waals surface area (Å²) >= 11 is 0. The molecule has 1 aromatic heterocycles. The monoisotopic (exact) mass is 378 g/mol. The minimum absolute atomic E-state index is 0.619. The van der Waals surface area contributed by atoms with Gasteiger partial charge in [0.05, 0.1) is 14.2 Å².